The van der Waals surface area contributed by atoms with Crippen molar-refractivity contribution in [2.75, 3.05) is 20.1 Å². The number of guanidine groups is 1. The molecule has 0 amide bonds. The smallest absolute Gasteiger partial charge is 0.191 e. The fourth-order valence-corrected chi connectivity index (χ4v) is 4.16. The van der Waals surface area contributed by atoms with Crippen LogP contribution in [-0.4, -0.2) is 40.5 Å². The van der Waals surface area contributed by atoms with E-state index >= 15 is 0 Å². The number of rotatable bonds is 8. The molecule has 6 heteroatoms. The largest absolute Gasteiger partial charge is 0.352 e. The standard InChI is InChI=1S/C26H34N6/c1-27-26(30-18-24-6-5-7-25(16-24)20-32-15-12-28-21-32)29-17-22-8-10-23(11-9-22)19-31-13-3-2-4-14-31/h5-12,15-16,21H,2-4,13-14,17-20H2,1H3,(H2,27,29,30). The van der Waals surface area contributed by atoms with E-state index in [0.717, 1.165) is 32.1 Å². The van der Waals surface area contributed by atoms with Crippen molar-refractivity contribution in [1.82, 2.24) is 25.1 Å². The Hall–Kier alpha value is -3.12. The van der Waals surface area contributed by atoms with Gasteiger partial charge in [0.1, 0.15) is 0 Å². The molecule has 1 saturated heterocycles. The molecule has 32 heavy (non-hydrogen) atoms. The number of benzene rings is 2. The summed E-state index contributed by atoms with van der Waals surface area (Å²) in [6, 6.07) is 17.6. The van der Waals surface area contributed by atoms with E-state index in [1.165, 1.54) is 54.6 Å². The zero-order valence-corrected chi connectivity index (χ0v) is 19.0. The monoisotopic (exact) mass is 430 g/mol. The molecule has 1 aromatic heterocycles. The molecule has 0 unspecified atom stereocenters. The molecule has 0 aliphatic carbocycles. The minimum absolute atomic E-state index is 0.728. The summed E-state index contributed by atoms with van der Waals surface area (Å²) in [7, 11) is 1.81. The van der Waals surface area contributed by atoms with Gasteiger partial charge in [0, 0.05) is 45.6 Å². The molecule has 1 aliphatic heterocycles. The van der Waals surface area contributed by atoms with Gasteiger partial charge in [0.15, 0.2) is 5.96 Å². The second kappa shape index (κ2) is 11.5. The van der Waals surface area contributed by atoms with Crippen molar-refractivity contribution in [3.05, 3.63) is 89.5 Å². The first kappa shape index (κ1) is 22.1. The number of imidazole rings is 1. The van der Waals surface area contributed by atoms with Gasteiger partial charge in [-0.15, -0.1) is 0 Å². The summed E-state index contributed by atoms with van der Waals surface area (Å²) in [4.78, 5) is 11.0. The van der Waals surface area contributed by atoms with E-state index in [-0.39, 0.29) is 0 Å². The third kappa shape index (κ3) is 6.69. The molecular weight excluding hydrogens is 396 g/mol. The Bertz CT molecular complexity index is 972. The lowest BCUT2D eigenvalue weighted by Crippen LogP contribution is -2.36. The molecule has 0 spiro atoms. The molecule has 2 aromatic carbocycles. The lowest BCUT2D eigenvalue weighted by atomic mass is 10.1. The van der Waals surface area contributed by atoms with E-state index in [1.54, 1.807) is 0 Å². The summed E-state index contributed by atoms with van der Waals surface area (Å²) in [6.45, 7) is 5.84. The van der Waals surface area contributed by atoms with E-state index in [9.17, 15) is 0 Å². The van der Waals surface area contributed by atoms with Crippen molar-refractivity contribution in [1.29, 1.82) is 0 Å². The van der Waals surface area contributed by atoms with Gasteiger partial charge in [-0.1, -0.05) is 55.0 Å². The van der Waals surface area contributed by atoms with Crippen molar-refractivity contribution in [2.45, 2.75) is 45.4 Å². The van der Waals surface area contributed by atoms with Crippen molar-refractivity contribution >= 4 is 5.96 Å². The first-order valence-electron chi connectivity index (χ1n) is 11.6. The fourth-order valence-electron chi connectivity index (χ4n) is 4.16. The fraction of sp³-hybridized carbons (Fsp3) is 0.385. The van der Waals surface area contributed by atoms with Crippen LogP contribution < -0.4 is 10.6 Å². The third-order valence-electron chi connectivity index (χ3n) is 5.94. The van der Waals surface area contributed by atoms with E-state index in [2.05, 4.69) is 78.6 Å². The van der Waals surface area contributed by atoms with E-state index < -0.39 is 0 Å². The average molecular weight is 431 g/mol. The van der Waals surface area contributed by atoms with Crippen LogP contribution in [0.25, 0.3) is 0 Å². The van der Waals surface area contributed by atoms with Crippen molar-refractivity contribution < 1.29 is 0 Å². The van der Waals surface area contributed by atoms with Gasteiger partial charge in [-0.25, -0.2) is 4.98 Å². The first-order chi connectivity index (χ1) is 15.8. The highest BCUT2D eigenvalue weighted by Gasteiger charge is 2.10. The Kier molecular flexibility index (Phi) is 7.93. The third-order valence-corrected chi connectivity index (χ3v) is 5.94. The van der Waals surface area contributed by atoms with E-state index in [0.29, 0.717) is 0 Å². The Balaban J connectivity index is 1.23. The predicted molar refractivity (Wildman–Crippen MR) is 130 cm³/mol. The highest BCUT2D eigenvalue weighted by atomic mass is 15.2. The zero-order valence-electron chi connectivity index (χ0n) is 19.0. The molecule has 2 N–H and O–H groups in total. The van der Waals surface area contributed by atoms with Crippen LogP contribution in [0.2, 0.25) is 0 Å². The van der Waals surface area contributed by atoms with Gasteiger partial charge in [0.05, 0.1) is 6.33 Å². The average Bonchev–Trinajstić information content (AvgIpc) is 3.34. The van der Waals surface area contributed by atoms with Gasteiger partial charge in [-0.3, -0.25) is 9.89 Å². The van der Waals surface area contributed by atoms with Crippen LogP contribution in [0.1, 0.15) is 41.5 Å². The SMILES string of the molecule is CN=C(NCc1ccc(CN2CCCCC2)cc1)NCc1cccc(Cn2ccnc2)c1. The maximum atomic E-state index is 4.37. The number of nitrogens with zero attached hydrogens (tertiary/aromatic N) is 4. The number of aromatic nitrogens is 2. The Morgan fingerprint density at radius 3 is 2.31 bits per heavy atom. The van der Waals surface area contributed by atoms with Crippen LogP contribution in [-0.2, 0) is 26.2 Å². The van der Waals surface area contributed by atoms with Crippen LogP contribution >= 0.6 is 0 Å². The van der Waals surface area contributed by atoms with Crippen molar-refractivity contribution in [2.24, 2.45) is 4.99 Å². The van der Waals surface area contributed by atoms with Gasteiger partial charge in [0.2, 0.25) is 0 Å². The second-order valence-corrected chi connectivity index (χ2v) is 8.49. The highest BCUT2D eigenvalue weighted by molar-refractivity contribution is 5.79. The van der Waals surface area contributed by atoms with Gasteiger partial charge in [-0.2, -0.15) is 0 Å². The molecule has 6 nitrogen and oxygen atoms in total. The molecule has 3 aromatic rings. The maximum Gasteiger partial charge on any atom is 0.191 e. The number of hydrogen-bond donors (Lipinski definition) is 2. The van der Waals surface area contributed by atoms with Crippen LogP contribution in [0, 0.1) is 0 Å². The summed E-state index contributed by atoms with van der Waals surface area (Å²) in [5.74, 6) is 0.808. The van der Waals surface area contributed by atoms with Gasteiger partial charge < -0.3 is 15.2 Å². The zero-order chi connectivity index (χ0) is 22.0. The Labute approximate surface area is 191 Å². The van der Waals surface area contributed by atoms with Gasteiger partial charge in [-0.05, 0) is 48.2 Å². The summed E-state index contributed by atoms with van der Waals surface area (Å²) >= 11 is 0. The molecule has 0 atom stereocenters. The number of aliphatic imine (C=N–C) groups is 1. The molecule has 0 bridgehead atoms. The minimum Gasteiger partial charge on any atom is -0.352 e. The molecule has 2 heterocycles. The summed E-state index contributed by atoms with van der Waals surface area (Å²) in [6.07, 6.45) is 9.69. The normalized spacial score (nSPS) is 15.0. The molecule has 0 saturated carbocycles. The van der Waals surface area contributed by atoms with Gasteiger partial charge in [0.25, 0.3) is 0 Å². The number of hydrogen-bond acceptors (Lipinski definition) is 3. The topological polar surface area (TPSA) is 57.5 Å². The number of likely N-dealkylation sites (tertiary alicyclic amines) is 1. The van der Waals surface area contributed by atoms with Crippen molar-refractivity contribution in [3.63, 3.8) is 0 Å². The van der Waals surface area contributed by atoms with Crippen molar-refractivity contribution in [3.8, 4) is 0 Å². The molecule has 1 fully saturated rings. The molecule has 4 rings (SSSR count). The van der Waals surface area contributed by atoms with Crippen LogP contribution in [0.15, 0.2) is 72.2 Å². The summed E-state index contributed by atoms with van der Waals surface area (Å²) in [5, 5.41) is 6.84. The lowest BCUT2D eigenvalue weighted by molar-refractivity contribution is 0.221. The molecule has 1 aliphatic rings. The number of piperidine rings is 1. The summed E-state index contributed by atoms with van der Waals surface area (Å²) in [5.41, 5.74) is 5.15. The van der Waals surface area contributed by atoms with Crippen LogP contribution in [0.3, 0.4) is 0 Å². The molecule has 0 radical (unpaired) electrons. The van der Waals surface area contributed by atoms with E-state index in [1.807, 2.05) is 25.8 Å². The van der Waals surface area contributed by atoms with E-state index in [4.69, 9.17) is 0 Å². The second-order valence-electron chi connectivity index (χ2n) is 8.49. The predicted octanol–water partition coefficient (Wildman–Crippen LogP) is 3.78. The lowest BCUT2D eigenvalue weighted by Gasteiger charge is -2.26. The molecule has 168 valence electrons. The van der Waals surface area contributed by atoms with Crippen LogP contribution in [0.5, 0.6) is 0 Å². The first-order valence-corrected chi connectivity index (χ1v) is 11.6. The summed E-state index contributed by atoms with van der Waals surface area (Å²) < 4.78 is 2.07. The minimum atomic E-state index is 0.728. The highest BCUT2D eigenvalue weighted by Crippen LogP contribution is 2.13. The van der Waals surface area contributed by atoms with Crippen LogP contribution in [0.4, 0.5) is 0 Å². The quantitative estimate of drug-likeness (QED) is 0.422. The number of nitrogens with one attached hydrogen (secondary N) is 2. The maximum absolute atomic E-state index is 4.37. The Morgan fingerprint density at radius 2 is 1.59 bits per heavy atom. The molecular formula is C26H34N6. The Morgan fingerprint density at radius 1 is 0.875 bits per heavy atom. The van der Waals surface area contributed by atoms with Gasteiger partial charge >= 0.3 is 0 Å².